The van der Waals surface area contributed by atoms with Crippen LogP contribution in [0.4, 0.5) is 0 Å². The Balaban J connectivity index is 1.64. The van der Waals surface area contributed by atoms with Gasteiger partial charge in [0.15, 0.2) is 11.6 Å². The number of nitrogens with two attached hydrogens (primary N) is 1. The Morgan fingerprint density at radius 1 is 1.26 bits per heavy atom. The van der Waals surface area contributed by atoms with Crippen LogP contribution in [0.3, 0.4) is 0 Å². The first kappa shape index (κ1) is 27.6. The third-order valence-corrected chi connectivity index (χ3v) is 7.88. The van der Waals surface area contributed by atoms with E-state index in [1.165, 1.54) is 0 Å². The minimum atomic E-state index is -0.992. The molecule has 0 spiro atoms. The van der Waals surface area contributed by atoms with Crippen molar-refractivity contribution in [2.24, 2.45) is 10.7 Å². The first-order chi connectivity index (χ1) is 18.2. The predicted octanol–water partition coefficient (Wildman–Crippen LogP) is 3.48. The van der Waals surface area contributed by atoms with Gasteiger partial charge in [-0.05, 0) is 49.9 Å². The highest BCUT2D eigenvalue weighted by Gasteiger charge is 2.45. The van der Waals surface area contributed by atoms with Gasteiger partial charge in [-0.1, -0.05) is 44.2 Å². The fraction of sp³-hybridized carbons (Fsp3) is 0.483. The Hall–Kier alpha value is -3.43. The van der Waals surface area contributed by atoms with Crippen molar-refractivity contribution in [2.45, 2.75) is 69.7 Å². The van der Waals surface area contributed by atoms with Crippen LogP contribution < -0.4 is 15.8 Å². The van der Waals surface area contributed by atoms with Crippen LogP contribution >= 0.6 is 0 Å². The summed E-state index contributed by atoms with van der Waals surface area (Å²) in [6, 6.07) is 13.6. The first-order valence-electron chi connectivity index (χ1n) is 13.2. The Labute approximate surface area is 224 Å². The Bertz CT molecular complexity index is 1210. The van der Waals surface area contributed by atoms with E-state index in [9.17, 15) is 14.7 Å². The summed E-state index contributed by atoms with van der Waals surface area (Å²) in [6.45, 7) is 5.94. The van der Waals surface area contributed by atoms with E-state index in [-0.39, 0.29) is 30.8 Å². The number of benzene rings is 2. The molecular weight excluding hydrogens is 484 g/mol. The molecule has 2 aliphatic rings. The molecule has 204 valence electrons. The molecule has 2 heterocycles. The number of fused-ring (bicyclic) bond motifs is 1. The van der Waals surface area contributed by atoms with Crippen LogP contribution in [0, 0.1) is 0 Å². The molecule has 38 heavy (non-hydrogen) atoms. The number of nitrogens with one attached hydrogen (secondary N) is 1. The molecule has 0 aromatic heterocycles. The van der Waals surface area contributed by atoms with Gasteiger partial charge >= 0.3 is 0 Å². The lowest BCUT2D eigenvalue weighted by molar-refractivity contribution is -0.131. The van der Waals surface area contributed by atoms with Crippen molar-refractivity contribution >= 4 is 17.8 Å². The maximum Gasteiger partial charge on any atom is 0.251 e. The number of para-hydroxylation sites is 1. The topological polar surface area (TPSA) is 126 Å². The summed E-state index contributed by atoms with van der Waals surface area (Å²) in [6.07, 6.45) is 2.22. The van der Waals surface area contributed by atoms with Crippen LogP contribution in [-0.2, 0) is 9.53 Å². The van der Waals surface area contributed by atoms with Gasteiger partial charge in [0, 0.05) is 24.8 Å². The fourth-order valence-corrected chi connectivity index (χ4v) is 5.40. The van der Waals surface area contributed by atoms with Crippen molar-refractivity contribution in [3.8, 4) is 5.75 Å². The number of guanidine groups is 1. The largest absolute Gasteiger partial charge is 0.482 e. The molecule has 2 aromatic carbocycles. The van der Waals surface area contributed by atoms with E-state index >= 15 is 0 Å². The standard InChI is InChI=1S/C29H38N4O5/c1-5-29(6-2)17-24(35)33(27(30)32-29)22(14-15-37-4)19-10-9-11-20(16-19)26(36)31-25-21-12-7-8-13-23(21)38-28(25,3)18-34/h7-13,16,22,25,34H,5-6,14-15,17-18H2,1-4H3,(H2,30,32)(H,31,36). The second-order valence-electron chi connectivity index (χ2n) is 10.3. The molecule has 3 atom stereocenters. The number of hydrogen-bond donors (Lipinski definition) is 3. The zero-order valence-electron chi connectivity index (χ0n) is 22.6. The van der Waals surface area contributed by atoms with Crippen molar-refractivity contribution in [2.75, 3.05) is 20.3 Å². The maximum atomic E-state index is 13.5. The zero-order valence-corrected chi connectivity index (χ0v) is 22.6. The van der Waals surface area contributed by atoms with Gasteiger partial charge < -0.3 is 25.6 Å². The average Bonchev–Trinajstić information content (AvgIpc) is 3.21. The number of hydrogen-bond acceptors (Lipinski definition) is 7. The number of amides is 2. The number of rotatable bonds is 10. The Morgan fingerprint density at radius 3 is 2.66 bits per heavy atom. The minimum Gasteiger partial charge on any atom is -0.482 e. The molecule has 3 unspecified atom stereocenters. The molecule has 2 aliphatic heterocycles. The molecule has 9 heteroatoms. The molecule has 4 N–H and O–H groups in total. The SMILES string of the molecule is CCC1(CC)CC(=O)N(C(CCOC)c2cccc(C(=O)NC3c4ccccc4OC3(C)CO)c2)C(N)=N1. The molecule has 0 radical (unpaired) electrons. The summed E-state index contributed by atoms with van der Waals surface area (Å²) in [7, 11) is 1.61. The predicted molar refractivity (Wildman–Crippen MR) is 145 cm³/mol. The van der Waals surface area contributed by atoms with E-state index in [0.29, 0.717) is 24.3 Å². The number of methoxy groups -OCH3 is 1. The van der Waals surface area contributed by atoms with Gasteiger partial charge in [0.05, 0.1) is 30.7 Å². The lowest BCUT2D eigenvalue weighted by Gasteiger charge is -2.40. The lowest BCUT2D eigenvalue weighted by atomic mass is 9.87. The zero-order chi connectivity index (χ0) is 27.5. The summed E-state index contributed by atoms with van der Waals surface area (Å²) in [5, 5.41) is 13.1. The monoisotopic (exact) mass is 522 g/mol. The molecule has 0 aliphatic carbocycles. The summed E-state index contributed by atoms with van der Waals surface area (Å²) < 4.78 is 11.3. The fourth-order valence-electron chi connectivity index (χ4n) is 5.40. The van der Waals surface area contributed by atoms with Gasteiger partial charge in [-0.2, -0.15) is 0 Å². The van der Waals surface area contributed by atoms with E-state index in [1.54, 1.807) is 37.1 Å². The van der Waals surface area contributed by atoms with Crippen LogP contribution in [0.2, 0.25) is 0 Å². The number of nitrogens with zero attached hydrogens (tertiary/aromatic N) is 2. The van der Waals surface area contributed by atoms with Crippen molar-refractivity contribution in [3.05, 3.63) is 65.2 Å². The van der Waals surface area contributed by atoms with Gasteiger partial charge in [0.2, 0.25) is 5.91 Å². The second-order valence-corrected chi connectivity index (χ2v) is 10.3. The van der Waals surface area contributed by atoms with Crippen molar-refractivity contribution in [1.29, 1.82) is 0 Å². The number of carbonyl (C=O) groups excluding carboxylic acids is 2. The summed E-state index contributed by atoms with van der Waals surface area (Å²) in [5.74, 6) is 0.427. The summed E-state index contributed by atoms with van der Waals surface area (Å²) in [4.78, 5) is 33.2. The third-order valence-electron chi connectivity index (χ3n) is 7.88. The van der Waals surface area contributed by atoms with Crippen LogP contribution in [0.15, 0.2) is 53.5 Å². The molecule has 0 fully saturated rings. The molecular formula is C29H38N4O5. The third kappa shape index (κ3) is 5.13. The highest BCUT2D eigenvalue weighted by atomic mass is 16.5. The van der Waals surface area contributed by atoms with Gasteiger partial charge in [0.25, 0.3) is 5.91 Å². The van der Waals surface area contributed by atoms with Crippen molar-refractivity contribution in [1.82, 2.24) is 10.2 Å². The summed E-state index contributed by atoms with van der Waals surface area (Å²) in [5.41, 5.74) is 6.92. The van der Waals surface area contributed by atoms with Crippen LogP contribution in [0.5, 0.6) is 5.75 Å². The van der Waals surface area contributed by atoms with E-state index in [1.807, 2.05) is 44.2 Å². The first-order valence-corrected chi connectivity index (χ1v) is 13.2. The van der Waals surface area contributed by atoms with Gasteiger partial charge in [0.1, 0.15) is 5.75 Å². The molecule has 2 amide bonds. The van der Waals surface area contributed by atoms with E-state index in [2.05, 4.69) is 5.32 Å². The molecule has 9 nitrogen and oxygen atoms in total. The smallest absolute Gasteiger partial charge is 0.251 e. The van der Waals surface area contributed by atoms with Crippen LogP contribution in [0.1, 0.15) is 80.0 Å². The van der Waals surface area contributed by atoms with E-state index < -0.39 is 23.2 Å². The van der Waals surface area contributed by atoms with Crippen molar-refractivity contribution < 1.29 is 24.2 Å². The number of aliphatic imine (C=N–C) groups is 1. The lowest BCUT2D eigenvalue weighted by Crippen LogP contribution is -2.52. The van der Waals surface area contributed by atoms with Crippen LogP contribution in [-0.4, -0.2) is 59.2 Å². The summed E-state index contributed by atoms with van der Waals surface area (Å²) >= 11 is 0. The Kier molecular flexibility index (Phi) is 8.08. The highest BCUT2D eigenvalue weighted by Crippen LogP contribution is 2.43. The number of aliphatic hydroxyl groups is 1. The van der Waals surface area contributed by atoms with Gasteiger partial charge in [-0.25, -0.2) is 4.99 Å². The van der Waals surface area contributed by atoms with Gasteiger partial charge in [-0.3, -0.25) is 14.5 Å². The minimum absolute atomic E-state index is 0.0874. The normalized spacial score (nSPS) is 22.9. The molecule has 2 aromatic rings. The van der Waals surface area contributed by atoms with Crippen molar-refractivity contribution in [3.63, 3.8) is 0 Å². The Morgan fingerprint density at radius 2 is 2.00 bits per heavy atom. The van der Waals surface area contributed by atoms with E-state index in [4.69, 9.17) is 20.2 Å². The molecule has 4 rings (SSSR count). The second kappa shape index (κ2) is 11.1. The molecule has 0 bridgehead atoms. The maximum absolute atomic E-state index is 13.5. The van der Waals surface area contributed by atoms with Gasteiger partial charge in [-0.15, -0.1) is 0 Å². The molecule has 0 saturated heterocycles. The highest BCUT2D eigenvalue weighted by molar-refractivity contribution is 6.00. The van der Waals surface area contributed by atoms with Crippen LogP contribution in [0.25, 0.3) is 0 Å². The molecule has 0 saturated carbocycles. The number of aliphatic hydroxyl groups excluding tert-OH is 1. The van der Waals surface area contributed by atoms with E-state index in [0.717, 1.165) is 24.0 Å². The number of ether oxygens (including phenoxy) is 2. The number of carbonyl (C=O) groups is 2. The quantitative estimate of drug-likeness (QED) is 0.439. The average molecular weight is 523 g/mol.